The van der Waals surface area contributed by atoms with Crippen molar-refractivity contribution in [3.8, 4) is 28.5 Å². The summed E-state index contributed by atoms with van der Waals surface area (Å²) in [5.74, 6) is 0.824. The number of benzene rings is 3. The van der Waals surface area contributed by atoms with Crippen molar-refractivity contribution in [3.63, 3.8) is 0 Å². The zero-order valence-electron chi connectivity index (χ0n) is 29.4. The number of imidazole rings is 1. The number of alkyl carbamates (subject to hydrolysis) is 1. The summed E-state index contributed by atoms with van der Waals surface area (Å²) >= 11 is 0. The lowest BCUT2D eigenvalue weighted by Crippen LogP contribution is -2.57. The number of aromatic amines is 1. The first-order chi connectivity index (χ1) is 24.7. The van der Waals surface area contributed by atoms with E-state index in [0.29, 0.717) is 6.54 Å². The van der Waals surface area contributed by atoms with Crippen molar-refractivity contribution >= 4 is 22.8 Å². The number of likely N-dealkylation sites (tertiary alicyclic amines) is 1. The van der Waals surface area contributed by atoms with Crippen molar-refractivity contribution < 1.29 is 14.3 Å². The molecule has 6 atom stereocenters. The number of carbonyl (C=O) groups is 2. The van der Waals surface area contributed by atoms with Crippen LogP contribution in [-0.2, 0) is 9.53 Å². The van der Waals surface area contributed by atoms with E-state index in [2.05, 4.69) is 98.0 Å². The molecule has 3 saturated heterocycles. The van der Waals surface area contributed by atoms with Gasteiger partial charge in [0.15, 0.2) is 0 Å². The lowest BCUT2D eigenvalue weighted by Gasteiger charge is -2.33. The second kappa shape index (κ2) is 13.4. The summed E-state index contributed by atoms with van der Waals surface area (Å²) in [4.78, 5) is 36.0. The van der Waals surface area contributed by atoms with Crippen molar-refractivity contribution in [1.82, 2.24) is 36.1 Å². The van der Waals surface area contributed by atoms with Gasteiger partial charge in [0.05, 0.1) is 49.2 Å². The fourth-order valence-corrected chi connectivity index (χ4v) is 8.30. The molecule has 51 heavy (non-hydrogen) atoms. The number of rotatable bonds is 8. The Bertz CT molecular complexity index is 1980. The van der Waals surface area contributed by atoms with Crippen LogP contribution in [0.25, 0.3) is 33.2 Å². The number of hydrogen-bond acceptors (Lipinski definition) is 8. The average molecular weight is 687 g/mol. The Hall–Kier alpha value is -4.76. The van der Waals surface area contributed by atoms with Crippen LogP contribution in [0.5, 0.6) is 0 Å². The first-order valence-corrected chi connectivity index (χ1v) is 18.2. The predicted molar refractivity (Wildman–Crippen MR) is 195 cm³/mol. The normalized spacial score (nSPS) is 25.7. The topological polar surface area (TPSA) is 147 Å². The van der Waals surface area contributed by atoms with Crippen LogP contribution < -0.4 is 21.3 Å². The highest BCUT2D eigenvalue weighted by atomic mass is 16.5. The van der Waals surface area contributed by atoms with Gasteiger partial charge in [0.25, 0.3) is 0 Å². The summed E-state index contributed by atoms with van der Waals surface area (Å²) < 4.78 is 4.82. The molecule has 3 aromatic carbocycles. The fourth-order valence-electron chi connectivity index (χ4n) is 8.30. The Labute approximate surface area is 298 Å². The molecular formula is C40H46N8O3. The third kappa shape index (κ3) is 6.60. The molecule has 4 heterocycles. The lowest BCUT2D eigenvalue weighted by molar-refractivity contribution is -0.136. The van der Waals surface area contributed by atoms with Gasteiger partial charge in [0, 0.05) is 31.2 Å². The minimum atomic E-state index is -0.626. The molecule has 5 N–H and O–H groups in total. The number of nitriles is 1. The Morgan fingerprint density at radius 2 is 1.71 bits per heavy atom. The number of nitrogens with one attached hydrogen (secondary N) is 5. The summed E-state index contributed by atoms with van der Waals surface area (Å²) in [6.45, 7) is 6.13. The lowest BCUT2D eigenvalue weighted by atomic mass is 9.97. The van der Waals surface area contributed by atoms with Gasteiger partial charge in [-0.05, 0) is 76.6 Å². The van der Waals surface area contributed by atoms with Gasteiger partial charge in [-0.2, -0.15) is 5.26 Å². The highest BCUT2D eigenvalue weighted by Gasteiger charge is 2.56. The number of amides is 2. The quantitative estimate of drug-likeness (QED) is 0.166. The molecule has 2 amide bonds. The average Bonchev–Trinajstić information content (AvgIpc) is 3.68. The van der Waals surface area contributed by atoms with E-state index in [1.807, 2.05) is 24.9 Å². The monoisotopic (exact) mass is 686 g/mol. The van der Waals surface area contributed by atoms with Gasteiger partial charge in [0.2, 0.25) is 5.91 Å². The van der Waals surface area contributed by atoms with Gasteiger partial charge in [-0.1, -0.05) is 62.4 Å². The largest absolute Gasteiger partial charge is 0.453 e. The van der Waals surface area contributed by atoms with E-state index in [0.717, 1.165) is 72.4 Å². The zero-order chi connectivity index (χ0) is 35.3. The molecule has 4 aliphatic rings. The Morgan fingerprint density at radius 1 is 0.980 bits per heavy atom. The molecular weight excluding hydrogens is 640 g/mol. The van der Waals surface area contributed by atoms with E-state index in [-0.39, 0.29) is 47.4 Å². The summed E-state index contributed by atoms with van der Waals surface area (Å²) in [5, 5.41) is 25.2. The van der Waals surface area contributed by atoms with E-state index in [9.17, 15) is 14.9 Å². The summed E-state index contributed by atoms with van der Waals surface area (Å²) in [7, 11) is 1.33. The number of H-pyrrole nitrogens is 1. The van der Waals surface area contributed by atoms with Gasteiger partial charge >= 0.3 is 6.09 Å². The first kappa shape index (κ1) is 33.4. The van der Waals surface area contributed by atoms with E-state index in [1.54, 1.807) is 0 Å². The molecule has 1 saturated carbocycles. The molecule has 4 fully saturated rings. The van der Waals surface area contributed by atoms with Crippen molar-refractivity contribution in [2.24, 2.45) is 17.3 Å². The third-order valence-electron chi connectivity index (χ3n) is 11.5. The SMILES string of the molecule is COC(=O)N[C@H](C(=O)N1CC2(CC2)C[C@H]1C1NCC(c2ccc(-c3ccc4cc(-c5cnc([C@@H]6C[C@H](C#N)CN6)[nH]5)ccc4c3)cc2)N1)C(C)C. The maximum atomic E-state index is 13.9. The third-order valence-corrected chi connectivity index (χ3v) is 11.5. The van der Waals surface area contributed by atoms with E-state index in [4.69, 9.17) is 4.74 Å². The minimum Gasteiger partial charge on any atom is -0.453 e. The number of fused-ring (bicyclic) bond motifs is 1. The van der Waals surface area contributed by atoms with Crippen LogP contribution in [0.2, 0.25) is 0 Å². The van der Waals surface area contributed by atoms with Crippen molar-refractivity contribution in [1.29, 1.82) is 5.26 Å². The molecule has 1 spiro atoms. The molecule has 4 aromatic rings. The van der Waals surface area contributed by atoms with E-state index in [1.165, 1.54) is 18.1 Å². The Morgan fingerprint density at radius 3 is 2.39 bits per heavy atom. The molecule has 1 aromatic heterocycles. The van der Waals surface area contributed by atoms with Crippen LogP contribution in [0.1, 0.15) is 63.0 Å². The molecule has 11 heteroatoms. The number of hydrogen-bond donors (Lipinski definition) is 5. The fraction of sp³-hybridized carbons (Fsp3) is 0.450. The molecule has 2 unspecified atom stereocenters. The molecule has 0 bridgehead atoms. The van der Waals surface area contributed by atoms with Gasteiger partial charge in [-0.3, -0.25) is 15.4 Å². The maximum Gasteiger partial charge on any atom is 0.407 e. The zero-order valence-corrected chi connectivity index (χ0v) is 29.4. The Balaban J connectivity index is 0.931. The number of aromatic nitrogens is 2. The minimum absolute atomic E-state index is 0.0138. The summed E-state index contributed by atoms with van der Waals surface area (Å²) in [6, 6.07) is 23.8. The summed E-state index contributed by atoms with van der Waals surface area (Å²) in [6.07, 6.45) is 5.30. The molecule has 264 valence electrons. The number of ether oxygens (including phenoxy) is 1. The van der Waals surface area contributed by atoms with Gasteiger partial charge in [-0.25, -0.2) is 9.78 Å². The van der Waals surface area contributed by atoms with Crippen LogP contribution in [0.4, 0.5) is 4.79 Å². The molecule has 0 radical (unpaired) electrons. The van der Waals surface area contributed by atoms with Crippen LogP contribution in [0, 0.1) is 28.6 Å². The first-order valence-electron chi connectivity index (χ1n) is 18.2. The second-order valence-electron chi connectivity index (χ2n) is 15.3. The maximum absolute atomic E-state index is 13.9. The van der Waals surface area contributed by atoms with E-state index >= 15 is 0 Å². The van der Waals surface area contributed by atoms with Crippen LogP contribution >= 0.6 is 0 Å². The summed E-state index contributed by atoms with van der Waals surface area (Å²) in [5.41, 5.74) is 5.79. The smallest absolute Gasteiger partial charge is 0.407 e. The standard InChI is InChI=1S/C40H46N8O3/c1-23(2)35(47-39(50)51-3)38(49)48-22-40(12-13-40)17-34(48)37-44-20-32(46-37)26-6-4-25(5-7-26)27-8-9-29-16-30(11-10-28(29)15-27)33-21-43-36(45-33)31-14-24(18-41)19-42-31/h4-11,15-16,21,23-24,31-32,34-35,37,42,44,46H,12-14,17,19-20,22H2,1-3H3,(H,43,45)(H,47,50)/t24-,31+,32?,34+,35+,37?/m1/s1. The number of nitrogens with zero attached hydrogens (tertiary/aromatic N) is 3. The molecule has 1 aliphatic carbocycles. The van der Waals surface area contributed by atoms with Gasteiger partial charge < -0.3 is 25.3 Å². The second-order valence-corrected chi connectivity index (χ2v) is 15.3. The van der Waals surface area contributed by atoms with Crippen LogP contribution in [0.3, 0.4) is 0 Å². The molecule has 11 nitrogen and oxygen atoms in total. The van der Waals surface area contributed by atoms with Gasteiger partial charge in [0.1, 0.15) is 11.9 Å². The molecule has 3 aliphatic heterocycles. The predicted octanol–water partition coefficient (Wildman–Crippen LogP) is 5.39. The highest BCUT2D eigenvalue weighted by molar-refractivity contribution is 5.90. The number of methoxy groups -OCH3 is 1. The van der Waals surface area contributed by atoms with Crippen molar-refractivity contribution in [2.45, 2.75) is 69.9 Å². The van der Waals surface area contributed by atoms with Crippen LogP contribution in [-0.4, -0.2) is 71.9 Å². The Kier molecular flexibility index (Phi) is 8.78. The van der Waals surface area contributed by atoms with Crippen LogP contribution in [0.15, 0.2) is 66.9 Å². The highest BCUT2D eigenvalue weighted by Crippen LogP contribution is 2.55. The van der Waals surface area contributed by atoms with Gasteiger partial charge in [-0.15, -0.1) is 0 Å². The number of carbonyl (C=O) groups excluding carboxylic acids is 2. The molecule has 8 rings (SSSR count). The van der Waals surface area contributed by atoms with E-state index < -0.39 is 12.1 Å². The van der Waals surface area contributed by atoms with Crippen molar-refractivity contribution in [3.05, 3.63) is 78.2 Å². The van der Waals surface area contributed by atoms with Crippen molar-refractivity contribution in [2.75, 3.05) is 26.7 Å².